The van der Waals surface area contributed by atoms with Crippen molar-refractivity contribution < 1.29 is 4.79 Å². The van der Waals surface area contributed by atoms with Crippen LogP contribution < -0.4 is 0 Å². The number of amides is 1. The maximum Gasteiger partial charge on any atom is 0.222 e. The van der Waals surface area contributed by atoms with Crippen molar-refractivity contribution in [1.82, 2.24) is 14.7 Å². The van der Waals surface area contributed by atoms with Gasteiger partial charge in [0.05, 0.1) is 17.9 Å². The Morgan fingerprint density at radius 3 is 2.61 bits per heavy atom. The number of nitrogens with zero attached hydrogens (tertiary/aromatic N) is 3. The SMILES string of the molecule is O=C(CCCc1ccccc1)N1CCCn2nc(-c3ccc(Cl)cc3)cc2C1. The van der Waals surface area contributed by atoms with E-state index in [0.29, 0.717) is 13.0 Å². The van der Waals surface area contributed by atoms with Gasteiger partial charge in [-0.15, -0.1) is 0 Å². The summed E-state index contributed by atoms with van der Waals surface area (Å²) in [5.74, 6) is 0.235. The maximum absolute atomic E-state index is 12.7. The summed E-state index contributed by atoms with van der Waals surface area (Å²) in [5, 5.41) is 5.46. The van der Waals surface area contributed by atoms with E-state index in [1.54, 1.807) is 0 Å². The highest BCUT2D eigenvalue weighted by Gasteiger charge is 2.20. The lowest BCUT2D eigenvalue weighted by atomic mass is 10.1. The molecule has 0 bridgehead atoms. The Morgan fingerprint density at radius 2 is 1.82 bits per heavy atom. The van der Waals surface area contributed by atoms with Gasteiger partial charge in [-0.2, -0.15) is 5.10 Å². The molecule has 0 aliphatic carbocycles. The van der Waals surface area contributed by atoms with Crippen LogP contribution in [0.25, 0.3) is 11.3 Å². The van der Waals surface area contributed by atoms with Crippen LogP contribution in [0.4, 0.5) is 0 Å². The van der Waals surface area contributed by atoms with Crippen LogP contribution >= 0.6 is 11.6 Å². The van der Waals surface area contributed by atoms with Crippen LogP contribution in [0.3, 0.4) is 0 Å². The van der Waals surface area contributed by atoms with E-state index in [4.69, 9.17) is 16.7 Å². The Hall–Kier alpha value is -2.59. The van der Waals surface area contributed by atoms with Gasteiger partial charge < -0.3 is 4.90 Å². The molecule has 4 nitrogen and oxygen atoms in total. The van der Waals surface area contributed by atoms with Crippen LogP contribution in [0.1, 0.15) is 30.5 Å². The van der Waals surface area contributed by atoms with Gasteiger partial charge in [-0.05, 0) is 43.0 Å². The minimum Gasteiger partial charge on any atom is -0.337 e. The van der Waals surface area contributed by atoms with E-state index in [-0.39, 0.29) is 5.91 Å². The van der Waals surface area contributed by atoms with Crippen LogP contribution in [0.15, 0.2) is 60.7 Å². The normalized spacial score (nSPS) is 13.8. The van der Waals surface area contributed by atoms with E-state index in [2.05, 4.69) is 18.2 Å². The third-order valence-electron chi connectivity index (χ3n) is 5.21. The smallest absolute Gasteiger partial charge is 0.222 e. The second-order valence-corrected chi connectivity index (χ2v) is 7.70. The fraction of sp³-hybridized carbons (Fsp3) is 0.304. The molecule has 4 rings (SSSR count). The molecular formula is C23H24ClN3O. The second-order valence-electron chi connectivity index (χ2n) is 7.26. The summed E-state index contributed by atoms with van der Waals surface area (Å²) in [6.07, 6.45) is 3.35. The summed E-state index contributed by atoms with van der Waals surface area (Å²) >= 11 is 5.99. The molecule has 0 spiro atoms. The first kappa shape index (κ1) is 18.8. The number of halogens is 1. The summed E-state index contributed by atoms with van der Waals surface area (Å²) < 4.78 is 2.04. The molecule has 1 aliphatic heterocycles. The van der Waals surface area contributed by atoms with Gasteiger partial charge in [0.1, 0.15) is 0 Å². The van der Waals surface area contributed by atoms with Gasteiger partial charge in [-0.25, -0.2) is 0 Å². The maximum atomic E-state index is 12.7. The summed E-state index contributed by atoms with van der Waals surface area (Å²) in [5.41, 5.74) is 4.37. The molecule has 0 saturated carbocycles. The zero-order valence-electron chi connectivity index (χ0n) is 15.9. The highest BCUT2D eigenvalue weighted by Crippen LogP contribution is 2.24. The zero-order valence-corrected chi connectivity index (χ0v) is 16.6. The molecule has 1 aliphatic rings. The molecule has 2 aromatic carbocycles. The summed E-state index contributed by atoms with van der Waals surface area (Å²) in [6, 6.07) is 20.2. The summed E-state index contributed by atoms with van der Waals surface area (Å²) in [4.78, 5) is 14.7. The zero-order chi connectivity index (χ0) is 19.3. The number of hydrogen-bond acceptors (Lipinski definition) is 2. The number of aromatic nitrogens is 2. The predicted octanol–water partition coefficient (Wildman–Crippen LogP) is 4.96. The Bertz CT molecular complexity index is 934. The standard InChI is InChI=1S/C23H24ClN3O/c24-20-12-10-19(11-13-20)22-16-21-17-26(14-5-15-27(21)25-22)23(28)9-4-8-18-6-2-1-3-7-18/h1-3,6-7,10-13,16H,4-5,8-9,14-15,17H2. The monoisotopic (exact) mass is 393 g/mol. The molecule has 144 valence electrons. The van der Waals surface area contributed by atoms with E-state index in [1.807, 2.05) is 52.0 Å². The third-order valence-corrected chi connectivity index (χ3v) is 5.46. The third kappa shape index (κ3) is 4.45. The van der Waals surface area contributed by atoms with Gasteiger partial charge in [0.25, 0.3) is 0 Å². The highest BCUT2D eigenvalue weighted by atomic mass is 35.5. The van der Waals surface area contributed by atoms with E-state index >= 15 is 0 Å². The molecule has 0 atom stereocenters. The van der Waals surface area contributed by atoms with Crippen LogP contribution in [0.2, 0.25) is 5.02 Å². The topological polar surface area (TPSA) is 38.1 Å². The van der Waals surface area contributed by atoms with E-state index < -0.39 is 0 Å². The molecular weight excluding hydrogens is 370 g/mol. The largest absolute Gasteiger partial charge is 0.337 e. The predicted molar refractivity (Wildman–Crippen MR) is 112 cm³/mol. The fourth-order valence-corrected chi connectivity index (χ4v) is 3.81. The molecule has 0 unspecified atom stereocenters. The Labute approximate surface area is 170 Å². The van der Waals surface area contributed by atoms with Gasteiger partial charge in [-0.3, -0.25) is 9.48 Å². The molecule has 0 saturated heterocycles. The average molecular weight is 394 g/mol. The Balaban J connectivity index is 1.39. The number of carbonyl (C=O) groups excluding carboxylic acids is 1. The number of hydrogen-bond donors (Lipinski definition) is 0. The number of rotatable bonds is 5. The Kier molecular flexibility index (Phi) is 5.77. The molecule has 28 heavy (non-hydrogen) atoms. The molecule has 0 fully saturated rings. The van der Waals surface area contributed by atoms with E-state index in [0.717, 1.165) is 54.3 Å². The van der Waals surface area contributed by atoms with Crippen LogP contribution in [0, 0.1) is 0 Å². The fourth-order valence-electron chi connectivity index (χ4n) is 3.68. The first-order valence-corrected chi connectivity index (χ1v) is 10.2. The van der Waals surface area contributed by atoms with Crippen molar-refractivity contribution in [2.24, 2.45) is 0 Å². The average Bonchev–Trinajstić information content (AvgIpc) is 3.00. The van der Waals surface area contributed by atoms with Crippen molar-refractivity contribution in [3.63, 3.8) is 0 Å². The van der Waals surface area contributed by atoms with Crippen LogP contribution in [0.5, 0.6) is 0 Å². The van der Waals surface area contributed by atoms with Gasteiger partial charge >= 0.3 is 0 Å². The number of aryl methyl sites for hydroxylation is 2. The van der Waals surface area contributed by atoms with Gasteiger partial charge in [0.15, 0.2) is 0 Å². The first-order valence-electron chi connectivity index (χ1n) is 9.83. The number of fused-ring (bicyclic) bond motifs is 1. The van der Waals surface area contributed by atoms with Crippen LogP contribution in [-0.4, -0.2) is 27.1 Å². The van der Waals surface area contributed by atoms with Crippen molar-refractivity contribution in [3.05, 3.63) is 76.9 Å². The van der Waals surface area contributed by atoms with Gasteiger partial charge in [-0.1, -0.05) is 54.1 Å². The van der Waals surface area contributed by atoms with Crippen molar-refractivity contribution in [3.8, 4) is 11.3 Å². The van der Waals surface area contributed by atoms with Crippen molar-refractivity contribution in [2.45, 2.75) is 38.8 Å². The van der Waals surface area contributed by atoms with E-state index in [1.165, 1.54) is 5.56 Å². The van der Waals surface area contributed by atoms with Crippen molar-refractivity contribution in [2.75, 3.05) is 6.54 Å². The number of benzene rings is 2. The molecule has 2 heterocycles. The molecule has 3 aromatic rings. The molecule has 1 amide bonds. The highest BCUT2D eigenvalue weighted by molar-refractivity contribution is 6.30. The summed E-state index contributed by atoms with van der Waals surface area (Å²) in [7, 11) is 0. The molecule has 1 aromatic heterocycles. The van der Waals surface area contributed by atoms with Gasteiger partial charge in [0, 0.05) is 30.1 Å². The molecule has 5 heteroatoms. The van der Waals surface area contributed by atoms with E-state index in [9.17, 15) is 4.79 Å². The number of carbonyl (C=O) groups is 1. The second kappa shape index (κ2) is 8.61. The summed E-state index contributed by atoms with van der Waals surface area (Å²) in [6.45, 7) is 2.27. The van der Waals surface area contributed by atoms with Crippen LogP contribution in [-0.2, 0) is 24.3 Å². The van der Waals surface area contributed by atoms with Crippen molar-refractivity contribution in [1.29, 1.82) is 0 Å². The quantitative estimate of drug-likeness (QED) is 0.614. The Morgan fingerprint density at radius 1 is 1.04 bits per heavy atom. The molecule has 0 radical (unpaired) electrons. The lowest BCUT2D eigenvalue weighted by Gasteiger charge is -2.20. The minimum atomic E-state index is 0.235. The first-order chi connectivity index (χ1) is 13.7. The van der Waals surface area contributed by atoms with Crippen molar-refractivity contribution >= 4 is 17.5 Å². The minimum absolute atomic E-state index is 0.235. The lowest BCUT2D eigenvalue weighted by Crippen LogP contribution is -2.30. The van der Waals surface area contributed by atoms with Gasteiger partial charge in [0.2, 0.25) is 5.91 Å². The molecule has 0 N–H and O–H groups in total. The lowest BCUT2D eigenvalue weighted by molar-refractivity contribution is -0.131.